The molecule has 1 aromatic rings. The zero-order valence-corrected chi connectivity index (χ0v) is 19.0. The Balaban J connectivity index is 0.00000364. The van der Waals surface area contributed by atoms with Crippen LogP contribution in [0.25, 0.3) is 0 Å². The molecule has 6 nitrogen and oxygen atoms in total. The minimum atomic E-state index is 0. The summed E-state index contributed by atoms with van der Waals surface area (Å²) in [4.78, 5) is 4.25. The number of benzene rings is 1. The van der Waals surface area contributed by atoms with Crippen molar-refractivity contribution in [3.63, 3.8) is 0 Å². The Morgan fingerprint density at radius 1 is 1.33 bits per heavy atom. The average Bonchev–Trinajstić information content (AvgIpc) is 3.16. The summed E-state index contributed by atoms with van der Waals surface area (Å²) in [7, 11) is 1.78. The van der Waals surface area contributed by atoms with Crippen LogP contribution in [0.3, 0.4) is 0 Å². The lowest BCUT2D eigenvalue weighted by atomic mass is 10.1. The zero-order chi connectivity index (χ0) is 18.6. The van der Waals surface area contributed by atoms with Gasteiger partial charge in [-0.15, -0.1) is 24.0 Å². The Labute approximate surface area is 180 Å². The highest BCUT2D eigenvalue weighted by Gasteiger charge is 2.15. The Morgan fingerprint density at radius 2 is 2.15 bits per heavy atom. The molecule has 0 aromatic heterocycles. The second-order valence-electron chi connectivity index (χ2n) is 6.73. The van der Waals surface area contributed by atoms with E-state index in [0.29, 0.717) is 12.5 Å². The highest BCUT2D eigenvalue weighted by Crippen LogP contribution is 2.17. The lowest BCUT2D eigenvalue weighted by Crippen LogP contribution is -2.42. The minimum Gasteiger partial charge on any atom is -0.489 e. The van der Waals surface area contributed by atoms with E-state index in [1.165, 1.54) is 0 Å². The number of para-hydroxylation sites is 1. The van der Waals surface area contributed by atoms with Gasteiger partial charge < -0.3 is 24.8 Å². The molecule has 0 radical (unpaired) electrons. The fourth-order valence-corrected chi connectivity index (χ4v) is 2.75. The highest BCUT2D eigenvalue weighted by molar-refractivity contribution is 14.0. The average molecular weight is 491 g/mol. The van der Waals surface area contributed by atoms with Crippen LogP contribution >= 0.6 is 24.0 Å². The second kappa shape index (κ2) is 14.0. The van der Waals surface area contributed by atoms with Gasteiger partial charge in [-0.3, -0.25) is 4.99 Å². The van der Waals surface area contributed by atoms with Crippen molar-refractivity contribution in [3.05, 3.63) is 29.8 Å². The molecule has 1 aliphatic heterocycles. The minimum absolute atomic E-state index is 0. The number of hydrogen-bond acceptors (Lipinski definition) is 4. The van der Waals surface area contributed by atoms with Crippen LogP contribution in [0.5, 0.6) is 5.75 Å². The molecule has 7 heteroatoms. The van der Waals surface area contributed by atoms with Crippen molar-refractivity contribution in [2.24, 2.45) is 10.9 Å². The van der Waals surface area contributed by atoms with Crippen molar-refractivity contribution in [1.29, 1.82) is 0 Å². The van der Waals surface area contributed by atoms with E-state index in [9.17, 15) is 0 Å². The smallest absolute Gasteiger partial charge is 0.191 e. The number of rotatable bonds is 10. The van der Waals surface area contributed by atoms with Crippen molar-refractivity contribution >= 4 is 29.9 Å². The molecule has 0 bridgehead atoms. The Hall–Kier alpha value is -1.06. The van der Waals surface area contributed by atoms with E-state index in [1.54, 1.807) is 7.05 Å². The topological polar surface area (TPSA) is 64.1 Å². The molecule has 1 heterocycles. The quantitative estimate of drug-likeness (QED) is 0.228. The van der Waals surface area contributed by atoms with Gasteiger partial charge in [0.1, 0.15) is 11.9 Å². The molecule has 2 rings (SSSR count). The summed E-state index contributed by atoms with van der Waals surface area (Å²) in [5, 5.41) is 6.61. The van der Waals surface area contributed by atoms with Crippen molar-refractivity contribution in [3.8, 4) is 5.75 Å². The van der Waals surface area contributed by atoms with E-state index in [0.717, 1.165) is 63.1 Å². The summed E-state index contributed by atoms with van der Waals surface area (Å²) in [6.45, 7) is 8.90. The van der Waals surface area contributed by atoms with Gasteiger partial charge in [-0.2, -0.15) is 0 Å². The molecule has 1 saturated heterocycles. The van der Waals surface area contributed by atoms with Crippen LogP contribution in [0.2, 0.25) is 0 Å². The summed E-state index contributed by atoms with van der Waals surface area (Å²) in [6, 6.07) is 8.06. The molecule has 0 aliphatic carbocycles. The summed E-state index contributed by atoms with van der Waals surface area (Å²) >= 11 is 0. The van der Waals surface area contributed by atoms with Gasteiger partial charge in [0.25, 0.3) is 0 Å². The van der Waals surface area contributed by atoms with Gasteiger partial charge in [0, 0.05) is 32.7 Å². The van der Waals surface area contributed by atoms with E-state index >= 15 is 0 Å². The molecular weight excluding hydrogens is 457 g/mol. The van der Waals surface area contributed by atoms with Gasteiger partial charge in [0.05, 0.1) is 19.8 Å². The van der Waals surface area contributed by atoms with E-state index in [1.807, 2.05) is 25.1 Å². The molecule has 2 atom stereocenters. The molecule has 0 spiro atoms. The van der Waals surface area contributed by atoms with Crippen molar-refractivity contribution in [2.75, 3.05) is 46.6 Å². The van der Waals surface area contributed by atoms with Crippen LogP contribution in [0.4, 0.5) is 0 Å². The zero-order valence-electron chi connectivity index (χ0n) is 16.7. The van der Waals surface area contributed by atoms with Crippen molar-refractivity contribution < 1.29 is 14.2 Å². The maximum Gasteiger partial charge on any atom is 0.191 e. The monoisotopic (exact) mass is 491 g/mol. The van der Waals surface area contributed by atoms with Gasteiger partial charge in [0.2, 0.25) is 0 Å². The Bertz CT molecular complexity index is 551. The van der Waals surface area contributed by atoms with Gasteiger partial charge in [-0.1, -0.05) is 18.2 Å². The molecule has 0 saturated carbocycles. The summed E-state index contributed by atoms with van der Waals surface area (Å²) in [5.74, 6) is 2.29. The molecule has 1 aliphatic rings. The number of ether oxygens (including phenoxy) is 3. The summed E-state index contributed by atoms with van der Waals surface area (Å²) < 4.78 is 17.0. The molecule has 2 unspecified atom stereocenters. The molecular formula is C20H34IN3O3. The number of halogens is 1. The second-order valence-corrected chi connectivity index (χ2v) is 6.73. The molecule has 154 valence electrons. The Morgan fingerprint density at radius 3 is 2.85 bits per heavy atom. The van der Waals surface area contributed by atoms with Crippen LogP contribution in [-0.2, 0) is 9.47 Å². The number of aliphatic imine (C=N–C) groups is 1. The first-order chi connectivity index (χ1) is 12.7. The third kappa shape index (κ3) is 9.62. The molecule has 2 N–H and O–H groups in total. The number of aryl methyl sites for hydroxylation is 1. The molecule has 0 amide bonds. The van der Waals surface area contributed by atoms with Crippen LogP contribution in [0, 0.1) is 12.8 Å². The SMILES string of the molecule is CN=C(NCCCOCC1CCOC1)NCC(C)Oc1ccccc1C.I. The number of nitrogens with one attached hydrogen (secondary N) is 2. The number of hydrogen-bond donors (Lipinski definition) is 2. The predicted octanol–water partition coefficient (Wildman–Crippen LogP) is 2.99. The third-order valence-electron chi connectivity index (χ3n) is 4.34. The van der Waals surface area contributed by atoms with E-state index in [2.05, 4.69) is 28.6 Å². The highest BCUT2D eigenvalue weighted by atomic mass is 127. The number of guanidine groups is 1. The fourth-order valence-electron chi connectivity index (χ4n) is 2.75. The first kappa shape index (κ1) is 24.0. The third-order valence-corrected chi connectivity index (χ3v) is 4.34. The molecule has 1 fully saturated rings. The van der Waals surface area contributed by atoms with E-state index < -0.39 is 0 Å². The van der Waals surface area contributed by atoms with Crippen molar-refractivity contribution in [2.45, 2.75) is 32.8 Å². The van der Waals surface area contributed by atoms with Gasteiger partial charge in [-0.25, -0.2) is 0 Å². The lowest BCUT2D eigenvalue weighted by molar-refractivity contribution is 0.0888. The van der Waals surface area contributed by atoms with Crippen LogP contribution in [-0.4, -0.2) is 58.6 Å². The molecule has 27 heavy (non-hydrogen) atoms. The lowest BCUT2D eigenvalue weighted by Gasteiger charge is -2.18. The van der Waals surface area contributed by atoms with Gasteiger partial charge in [-0.05, 0) is 38.3 Å². The van der Waals surface area contributed by atoms with Crippen LogP contribution in [0.1, 0.15) is 25.3 Å². The summed E-state index contributed by atoms with van der Waals surface area (Å²) in [5.41, 5.74) is 1.14. The standard InChI is InChI=1S/C20H33N3O3.HI/c1-16-7-4-5-8-19(16)26-17(2)13-23-20(21-3)22-10-6-11-24-14-18-9-12-25-15-18;/h4-5,7-8,17-18H,6,9-15H2,1-3H3,(H2,21,22,23);1H. The number of nitrogens with zero attached hydrogens (tertiary/aromatic N) is 1. The van der Waals surface area contributed by atoms with E-state index in [4.69, 9.17) is 14.2 Å². The maximum atomic E-state index is 5.97. The fraction of sp³-hybridized carbons (Fsp3) is 0.650. The van der Waals surface area contributed by atoms with Gasteiger partial charge >= 0.3 is 0 Å². The van der Waals surface area contributed by atoms with Crippen LogP contribution in [0.15, 0.2) is 29.3 Å². The maximum absolute atomic E-state index is 5.97. The first-order valence-corrected chi connectivity index (χ1v) is 9.51. The summed E-state index contributed by atoms with van der Waals surface area (Å²) in [6.07, 6.45) is 2.12. The predicted molar refractivity (Wildman–Crippen MR) is 120 cm³/mol. The normalized spacial score (nSPS) is 17.9. The van der Waals surface area contributed by atoms with Crippen LogP contribution < -0.4 is 15.4 Å². The largest absolute Gasteiger partial charge is 0.489 e. The van der Waals surface area contributed by atoms with Crippen molar-refractivity contribution in [1.82, 2.24) is 10.6 Å². The molecule has 1 aromatic carbocycles. The first-order valence-electron chi connectivity index (χ1n) is 9.51. The van der Waals surface area contributed by atoms with Gasteiger partial charge in [0.15, 0.2) is 5.96 Å². The van der Waals surface area contributed by atoms with E-state index in [-0.39, 0.29) is 30.1 Å². The Kier molecular flexibility index (Phi) is 12.4.